The van der Waals surface area contributed by atoms with Gasteiger partial charge in [0.25, 0.3) is 0 Å². The normalized spacial score (nSPS) is 15.4. The Morgan fingerprint density at radius 2 is 1.59 bits per heavy atom. The molecule has 1 aromatic heterocycles. The smallest absolute Gasteiger partial charge is 0.323 e. The van der Waals surface area contributed by atoms with Gasteiger partial charge in [-0.25, -0.2) is 18.2 Å². The van der Waals surface area contributed by atoms with E-state index >= 15 is 0 Å². The summed E-state index contributed by atoms with van der Waals surface area (Å²) in [5, 5.41) is 14.7. The lowest BCUT2D eigenvalue weighted by Gasteiger charge is -2.33. The third-order valence-corrected chi connectivity index (χ3v) is 7.73. The van der Waals surface area contributed by atoms with E-state index in [1.54, 1.807) is 66.7 Å². The summed E-state index contributed by atoms with van der Waals surface area (Å²) in [7, 11) is -3.54. The van der Waals surface area contributed by atoms with Crippen LogP contribution in [0.2, 0.25) is 0 Å². The Balaban J connectivity index is 1.45. The molecule has 2 heterocycles. The number of hydrogen-bond donors (Lipinski definition) is 3. The first-order valence-electron chi connectivity index (χ1n) is 13.0. The SMILES string of the molecule is C[C@H]1COCCN1c1nc(-c2ccc(NC(=O)Nc3ccc(CO)cc3)cc2)nc(-c2ccccc2S(C)(=O)=O)n1. The van der Waals surface area contributed by atoms with Crippen molar-refractivity contribution in [3.63, 3.8) is 0 Å². The summed E-state index contributed by atoms with van der Waals surface area (Å²) in [6, 6.07) is 20.1. The molecule has 0 radical (unpaired) electrons. The number of aromatic nitrogens is 3. The standard InChI is InChI=1S/C29H30N6O5S/c1-19-18-40-16-15-35(19)28-33-26(32-27(34-28)24-5-3-4-6-25(24)41(2,38)39)21-9-13-23(14-10-21)31-29(37)30-22-11-7-20(17-36)8-12-22/h3-14,19,36H,15-18H2,1-2H3,(H2,30,31,37)/t19-/m0/s1. The molecule has 0 aliphatic carbocycles. The highest BCUT2D eigenvalue weighted by atomic mass is 32.2. The maximum Gasteiger partial charge on any atom is 0.323 e. The average Bonchev–Trinajstić information content (AvgIpc) is 2.97. The second-order valence-corrected chi connectivity index (χ2v) is 11.7. The molecule has 41 heavy (non-hydrogen) atoms. The zero-order valence-electron chi connectivity index (χ0n) is 22.6. The average molecular weight is 575 g/mol. The van der Waals surface area contributed by atoms with E-state index < -0.39 is 15.9 Å². The monoisotopic (exact) mass is 574 g/mol. The molecule has 1 fully saturated rings. The van der Waals surface area contributed by atoms with Gasteiger partial charge in [-0.15, -0.1) is 0 Å². The number of anilines is 3. The molecule has 4 aromatic rings. The number of morpholine rings is 1. The summed E-state index contributed by atoms with van der Waals surface area (Å²) in [6.07, 6.45) is 1.16. The van der Waals surface area contributed by atoms with Crippen LogP contribution in [-0.2, 0) is 21.2 Å². The first-order chi connectivity index (χ1) is 19.7. The van der Waals surface area contributed by atoms with Crippen LogP contribution in [0, 0.1) is 0 Å². The maximum atomic E-state index is 12.5. The molecule has 1 aliphatic heterocycles. The Kier molecular flexibility index (Phi) is 8.24. The number of urea groups is 1. The number of amides is 2. The third-order valence-electron chi connectivity index (χ3n) is 6.57. The Hall–Kier alpha value is -4.39. The Labute approximate surface area is 238 Å². The van der Waals surface area contributed by atoms with Crippen LogP contribution in [0.5, 0.6) is 0 Å². The van der Waals surface area contributed by atoms with Crippen molar-refractivity contribution in [2.75, 3.05) is 41.5 Å². The van der Waals surface area contributed by atoms with Crippen molar-refractivity contribution < 1.29 is 23.1 Å². The van der Waals surface area contributed by atoms with Crippen LogP contribution in [0.4, 0.5) is 22.1 Å². The van der Waals surface area contributed by atoms with Gasteiger partial charge in [0, 0.05) is 35.3 Å². The summed E-state index contributed by atoms with van der Waals surface area (Å²) in [6.45, 7) is 3.56. The van der Waals surface area contributed by atoms with E-state index in [-0.39, 0.29) is 23.4 Å². The van der Waals surface area contributed by atoms with Gasteiger partial charge < -0.3 is 25.4 Å². The highest BCUT2D eigenvalue weighted by molar-refractivity contribution is 7.90. The second kappa shape index (κ2) is 12.0. The number of rotatable bonds is 7. The van der Waals surface area contributed by atoms with Crippen LogP contribution in [0.1, 0.15) is 12.5 Å². The van der Waals surface area contributed by atoms with Crippen molar-refractivity contribution in [2.45, 2.75) is 24.5 Å². The molecule has 3 N–H and O–H groups in total. The molecule has 1 aliphatic rings. The van der Waals surface area contributed by atoms with Crippen molar-refractivity contribution in [1.29, 1.82) is 0 Å². The number of hydrogen-bond acceptors (Lipinski definition) is 9. The lowest BCUT2D eigenvalue weighted by molar-refractivity contribution is 0.0981. The summed E-state index contributed by atoms with van der Waals surface area (Å²) >= 11 is 0. The molecule has 0 spiro atoms. The third kappa shape index (κ3) is 6.68. The highest BCUT2D eigenvalue weighted by Crippen LogP contribution is 2.29. The van der Waals surface area contributed by atoms with Gasteiger partial charge in [0.2, 0.25) is 5.95 Å². The molecular weight excluding hydrogens is 544 g/mol. The van der Waals surface area contributed by atoms with Crippen LogP contribution in [-0.4, -0.2) is 66.6 Å². The number of nitrogens with one attached hydrogen (secondary N) is 2. The Morgan fingerprint density at radius 3 is 2.22 bits per heavy atom. The summed E-state index contributed by atoms with van der Waals surface area (Å²) < 4.78 is 30.7. The fourth-order valence-electron chi connectivity index (χ4n) is 4.43. The number of nitrogens with zero attached hydrogens (tertiary/aromatic N) is 4. The van der Waals surface area contributed by atoms with Gasteiger partial charge in [-0.1, -0.05) is 24.3 Å². The lowest BCUT2D eigenvalue weighted by atomic mass is 10.1. The van der Waals surface area contributed by atoms with E-state index in [2.05, 4.69) is 20.6 Å². The van der Waals surface area contributed by atoms with Crippen LogP contribution in [0.25, 0.3) is 22.8 Å². The molecular formula is C29H30N6O5S. The topological polar surface area (TPSA) is 147 Å². The molecule has 3 aromatic carbocycles. The van der Waals surface area contributed by atoms with Gasteiger partial charge >= 0.3 is 6.03 Å². The zero-order valence-corrected chi connectivity index (χ0v) is 23.4. The van der Waals surface area contributed by atoms with E-state index in [9.17, 15) is 18.3 Å². The molecule has 0 unspecified atom stereocenters. The predicted molar refractivity (Wildman–Crippen MR) is 156 cm³/mol. The Bertz CT molecular complexity index is 1650. The first kappa shape index (κ1) is 28.1. The first-order valence-corrected chi connectivity index (χ1v) is 14.9. The van der Waals surface area contributed by atoms with Gasteiger partial charge in [-0.3, -0.25) is 0 Å². The fourth-order valence-corrected chi connectivity index (χ4v) is 5.32. The number of ether oxygens (including phenoxy) is 1. The molecule has 0 saturated carbocycles. The van der Waals surface area contributed by atoms with Crippen LogP contribution in [0.15, 0.2) is 77.7 Å². The molecule has 2 amide bonds. The quantitative estimate of drug-likeness (QED) is 0.298. The number of sulfone groups is 1. The Morgan fingerprint density at radius 1 is 0.951 bits per heavy atom. The van der Waals surface area contributed by atoms with Gasteiger partial charge in [0.1, 0.15) is 0 Å². The predicted octanol–water partition coefficient (Wildman–Crippen LogP) is 3.97. The summed E-state index contributed by atoms with van der Waals surface area (Å²) in [5.74, 6) is 1.04. The largest absolute Gasteiger partial charge is 0.392 e. The van der Waals surface area contributed by atoms with Crippen LogP contribution >= 0.6 is 0 Å². The van der Waals surface area contributed by atoms with Gasteiger partial charge in [-0.2, -0.15) is 9.97 Å². The van der Waals surface area contributed by atoms with E-state index in [0.29, 0.717) is 54.0 Å². The van der Waals surface area contributed by atoms with Gasteiger partial charge in [-0.05, 0) is 61.0 Å². The van der Waals surface area contributed by atoms with E-state index in [1.807, 2.05) is 11.8 Å². The number of benzene rings is 3. The van der Waals surface area contributed by atoms with E-state index in [1.165, 1.54) is 6.07 Å². The molecule has 1 atom stereocenters. The fraction of sp³-hybridized carbons (Fsp3) is 0.241. The second-order valence-electron chi connectivity index (χ2n) is 9.68. The molecule has 212 valence electrons. The molecule has 5 rings (SSSR count). The van der Waals surface area contributed by atoms with Gasteiger partial charge in [0.05, 0.1) is 30.8 Å². The number of carbonyl (C=O) groups excluding carboxylic acids is 1. The number of aliphatic hydroxyl groups excluding tert-OH is 1. The minimum Gasteiger partial charge on any atom is -0.392 e. The zero-order chi connectivity index (χ0) is 29.0. The molecule has 12 heteroatoms. The van der Waals surface area contributed by atoms with Crippen molar-refractivity contribution in [1.82, 2.24) is 15.0 Å². The van der Waals surface area contributed by atoms with Crippen LogP contribution < -0.4 is 15.5 Å². The molecule has 0 bridgehead atoms. The molecule has 11 nitrogen and oxygen atoms in total. The van der Waals surface area contributed by atoms with Crippen molar-refractivity contribution >= 4 is 33.2 Å². The lowest BCUT2D eigenvalue weighted by Crippen LogP contribution is -2.44. The van der Waals surface area contributed by atoms with Gasteiger partial charge in [0.15, 0.2) is 21.5 Å². The molecule has 1 saturated heterocycles. The van der Waals surface area contributed by atoms with Crippen molar-refractivity contribution in [3.8, 4) is 22.8 Å². The summed E-state index contributed by atoms with van der Waals surface area (Å²) in [5.41, 5.74) is 2.95. The van der Waals surface area contributed by atoms with E-state index in [4.69, 9.17) is 9.72 Å². The van der Waals surface area contributed by atoms with Crippen molar-refractivity contribution in [3.05, 3.63) is 78.4 Å². The maximum absolute atomic E-state index is 12.5. The minimum absolute atomic E-state index is 0.0157. The van der Waals surface area contributed by atoms with Crippen LogP contribution in [0.3, 0.4) is 0 Å². The van der Waals surface area contributed by atoms with Crippen molar-refractivity contribution in [2.24, 2.45) is 0 Å². The summed E-state index contributed by atoms with van der Waals surface area (Å²) in [4.78, 5) is 28.7. The highest BCUT2D eigenvalue weighted by Gasteiger charge is 2.25. The van der Waals surface area contributed by atoms with E-state index in [0.717, 1.165) is 11.8 Å². The minimum atomic E-state index is -3.54. The number of carbonyl (C=O) groups is 1. The number of aliphatic hydroxyl groups is 1.